The molecule has 19 heavy (non-hydrogen) atoms. The van der Waals surface area contributed by atoms with Gasteiger partial charge in [0, 0.05) is 17.8 Å². The molecule has 0 aliphatic carbocycles. The van der Waals surface area contributed by atoms with Crippen molar-refractivity contribution < 1.29 is 18.7 Å². The van der Waals surface area contributed by atoms with Gasteiger partial charge in [0.15, 0.2) is 0 Å². The fourth-order valence-corrected chi connectivity index (χ4v) is 1.51. The summed E-state index contributed by atoms with van der Waals surface area (Å²) < 4.78 is 26.1. The first-order valence-corrected chi connectivity index (χ1v) is 5.39. The maximum atomic E-state index is 13.4. The van der Waals surface area contributed by atoms with E-state index in [-0.39, 0.29) is 16.8 Å². The molecular formula is C14H9F2NO2. The third-order valence-electron chi connectivity index (χ3n) is 2.44. The Bertz CT molecular complexity index is 654. The van der Waals surface area contributed by atoms with Crippen LogP contribution < -0.4 is 0 Å². The number of carboxylic acids is 1. The maximum absolute atomic E-state index is 13.4. The molecule has 0 unspecified atom stereocenters. The molecule has 5 heteroatoms. The number of carbonyl (C=O) groups is 1. The molecule has 0 heterocycles. The number of aromatic carboxylic acids is 1. The molecule has 0 saturated carbocycles. The molecule has 0 spiro atoms. The van der Waals surface area contributed by atoms with E-state index < -0.39 is 17.6 Å². The van der Waals surface area contributed by atoms with Gasteiger partial charge in [-0.25, -0.2) is 13.6 Å². The van der Waals surface area contributed by atoms with Crippen LogP contribution in [0.2, 0.25) is 0 Å². The molecule has 0 aliphatic heterocycles. The van der Waals surface area contributed by atoms with Crippen molar-refractivity contribution in [3.63, 3.8) is 0 Å². The van der Waals surface area contributed by atoms with E-state index in [0.717, 1.165) is 18.3 Å². The van der Waals surface area contributed by atoms with Gasteiger partial charge in [-0.05, 0) is 24.3 Å². The zero-order chi connectivity index (χ0) is 13.8. The van der Waals surface area contributed by atoms with Crippen molar-refractivity contribution in [2.75, 3.05) is 0 Å². The molecule has 2 aromatic carbocycles. The minimum absolute atomic E-state index is 0.0151. The highest BCUT2D eigenvalue weighted by atomic mass is 19.1. The smallest absolute Gasteiger partial charge is 0.337 e. The van der Waals surface area contributed by atoms with Crippen molar-refractivity contribution in [2.45, 2.75) is 0 Å². The van der Waals surface area contributed by atoms with Crippen molar-refractivity contribution in [3.8, 4) is 0 Å². The molecular weight excluding hydrogens is 252 g/mol. The van der Waals surface area contributed by atoms with Crippen LogP contribution in [0.25, 0.3) is 0 Å². The summed E-state index contributed by atoms with van der Waals surface area (Å²) >= 11 is 0. The fraction of sp³-hybridized carbons (Fsp3) is 0. The second-order valence-corrected chi connectivity index (χ2v) is 3.75. The summed E-state index contributed by atoms with van der Waals surface area (Å²) in [5.74, 6) is -2.55. The van der Waals surface area contributed by atoms with Crippen molar-refractivity contribution in [3.05, 3.63) is 65.2 Å². The first kappa shape index (κ1) is 12.9. The Hall–Kier alpha value is -2.56. The lowest BCUT2D eigenvalue weighted by Gasteiger charge is -2.00. The summed E-state index contributed by atoms with van der Waals surface area (Å²) in [6, 6.07) is 9.17. The number of aliphatic imine (C=N–C) groups is 1. The molecule has 0 radical (unpaired) electrons. The van der Waals surface area contributed by atoms with Gasteiger partial charge >= 0.3 is 5.97 Å². The Kier molecular flexibility index (Phi) is 3.66. The quantitative estimate of drug-likeness (QED) is 0.861. The summed E-state index contributed by atoms with van der Waals surface area (Å²) in [5, 5.41) is 8.96. The monoisotopic (exact) mass is 261 g/mol. The molecule has 0 aromatic heterocycles. The largest absolute Gasteiger partial charge is 0.478 e. The van der Waals surface area contributed by atoms with E-state index in [4.69, 9.17) is 5.11 Å². The number of carboxylic acid groups (broad SMARTS) is 1. The van der Waals surface area contributed by atoms with Gasteiger partial charge in [-0.3, -0.25) is 4.99 Å². The maximum Gasteiger partial charge on any atom is 0.337 e. The lowest BCUT2D eigenvalue weighted by atomic mass is 10.2. The van der Waals surface area contributed by atoms with Crippen molar-refractivity contribution >= 4 is 17.9 Å². The second-order valence-electron chi connectivity index (χ2n) is 3.75. The number of halogens is 2. The van der Waals surface area contributed by atoms with E-state index in [9.17, 15) is 13.6 Å². The average Bonchev–Trinajstić information content (AvgIpc) is 2.38. The van der Waals surface area contributed by atoms with E-state index in [2.05, 4.69) is 4.99 Å². The van der Waals surface area contributed by atoms with Crippen LogP contribution in [0.3, 0.4) is 0 Å². The predicted molar refractivity (Wildman–Crippen MR) is 67.0 cm³/mol. The van der Waals surface area contributed by atoms with Crippen LogP contribution in [-0.4, -0.2) is 17.3 Å². The number of benzene rings is 2. The molecule has 0 fully saturated rings. The van der Waals surface area contributed by atoms with Crippen LogP contribution in [0.5, 0.6) is 0 Å². The SMILES string of the molecule is O=C(O)c1ccccc1/N=C/c1ccc(F)cc1F. The Balaban J connectivity index is 2.35. The van der Waals surface area contributed by atoms with E-state index >= 15 is 0 Å². The van der Waals surface area contributed by atoms with Crippen LogP contribution in [0.1, 0.15) is 15.9 Å². The average molecular weight is 261 g/mol. The number of hydrogen-bond acceptors (Lipinski definition) is 2. The topological polar surface area (TPSA) is 49.7 Å². The summed E-state index contributed by atoms with van der Waals surface area (Å²) in [5.41, 5.74) is 0.307. The summed E-state index contributed by atoms with van der Waals surface area (Å²) in [4.78, 5) is 14.9. The van der Waals surface area contributed by atoms with Crippen molar-refractivity contribution in [1.29, 1.82) is 0 Å². The zero-order valence-corrected chi connectivity index (χ0v) is 9.68. The molecule has 3 nitrogen and oxygen atoms in total. The second kappa shape index (κ2) is 5.39. The summed E-state index contributed by atoms with van der Waals surface area (Å²) in [6.07, 6.45) is 1.16. The van der Waals surface area contributed by atoms with Gasteiger partial charge in [0.1, 0.15) is 11.6 Å². The van der Waals surface area contributed by atoms with Crippen LogP contribution in [0.15, 0.2) is 47.5 Å². The molecule has 96 valence electrons. The normalized spacial score (nSPS) is 10.8. The van der Waals surface area contributed by atoms with Gasteiger partial charge in [-0.1, -0.05) is 12.1 Å². The molecule has 0 saturated heterocycles. The zero-order valence-electron chi connectivity index (χ0n) is 9.68. The third-order valence-corrected chi connectivity index (χ3v) is 2.44. The van der Waals surface area contributed by atoms with Crippen LogP contribution in [-0.2, 0) is 0 Å². The molecule has 0 aliphatic rings. The molecule has 2 aromatic rings. The number of rotatable bonds is 3. The van der Waals surface area contributed by atoms with E-state index in [1.165, 1.54) is 18.2 Å². The molecule has 0 bridgehead atoms. The Morgan fingerprint density at radius 1 is 1.16 bits per heavy atom. The van der Waals surface area contributed by atoms with Crippen molar-refractivity contribution in [2.24, 2.45) is 4.99 Å². The van der Waals surface area contributed by atoms with Crippen LogP contribution in [0.4, 0.5) is 14.5 Å². The summed E-state index contributed by atoms with van der Waals surface area (Å²) in [6.45, 7) is 0. The Morgan fingerprint density at radius 2 is 1.89 bits per heavy atom. The van der Waals surface area contributed by atoms with Gasteiger partial charge in [0.2, 0.25) is 0 Å². The first-order chi connectivity index (χ1) is 9.08. The first-order valence-electron chi connectivity index (χ1n) is 5.39. The number of hydrogen-bond donors (Lipinski definition) is 1. The molecule has 0 amide bonds. The highest BCUT2D eigenvalue weighted by Crippen LogP contribution is 2.19. The van der Waals surface area contributed by atoms with Crippen LogP contribution >= 0.6 is 0 Å². The van der Waals surface area contributed by atoms with Gasteiger partial charge in [0.25, 0.3) is 0 Å². The number of nitrogens with zero attached hydrogens (tertiary/aromatic N) is 1. The Labute approximate surface area is 107 Å². The molecule has 2 rings (SSSR count). The van der Waals surface area contributed by atoms with E-state index in [0.29, 0.717) is 0 Å². The minimum Gasteiger partial charge on any atom is -0.478 e. The molecule has 0 atom stereocenters. The highest BCUT2D eigenvalue weighted by molar-refractivity contribution is 5.95. The van der Waals surface area contributed by atoms with E-state index in [1.54, 1.807) is 12.1 Å². The summed E-state index contributed by atoms with van der Waals surface area (Å²) in [7, 11) is 0. The van der Waals surface area contributed by atoms with Crippen LogP contribution in [0, 0.1) is 11.6 Å². The van der Waals surface area contributed by atoms with Crippen molar-refractivity contribution in [1.82, 2.24) is 0 Å². The van der Waals surface area contributed by atoms with Gasteiger partial charge in [-0.15, -0.1) is 0 Å². The van der Waals surface area contributed by atoms with Gasteiger partial charge in [-0.2, -0.15) is 0 Å². The third kappa shape index (κ3) is 3.01. The standard InChI is InChI=1S/C14H9F2NO2/c15-10-6-5-9(12(16)7-10)8-17-13-4-2-1-3-11(13)14(18)19/h1-8H,(H,18,19)/b17-8+. The number of para-hydroxylation sites is 1. The lowest BCUT2D eigenvalue weighted by Crippen LogP contribution is -1.96. The Morgan fingerprint density at radius 3 is 2.58 bits per heavy atom. The predicted octanol–water partition coefficient (Wildman–Crippen LogP) is 3.41. The van der Waals surface area contributed by atoms with E-state index in [1.807, 2.05) is 0 Å². The highest BCUT2D eigenvalue weighted by Gasteiger charge is 2.07. The lowest BCUT2D eigenvalue weighted by molar-refractivity contribution is 0.0698. The fourth-order valence-electron chi connectivity index (χ4n) is 1.51. The van der Waals surface area contributed by atoms with Gasteiger partial charge in [0.05, 0.1) is 11.3 Å². The minimum atomic E-state index is -1.12. The molecule has 1 N–H and O–H groups in total. The van der Waals surface area contributed by atoms with Gasteiger partial charge < -0.3 is 5.11 Å².